The lowest BCUT2D eigenvalue weighted by molar-refractivity contribution is 0.332. The van der Waals surface area contributed by atoms with Gasteiger partial charge in [0.15, 0.2) is 0 Å². The molecule has 0 radical (unpaired) electrons. The third-order valence-corrected chi connectivity index (χ3v) is 16.6. The Kier molecular flexibility index (Phi) is 9.05. The van der Waals surface area contributed by atoms with Gasteiger partial charge in [-0.2, -0.15) is 0 Å². The summed E-state index contributed by atoms with van der Waals surface area (Å²) in [5.74, 6) is 0. The SMILES string of the molecule is CC1(C)CCC(C)(C)c2cc(-c3c(N(c4ccc(-c5ccccc5)cc4)c4ccc5c(c4)oc4cc(-c6ccccc6)ccc45)ccc4c3-c3ccccc3C43c4ccccc4-c4ccccc43)ccc21. The van der Waals surface area contributed by atoms with E-state index in [0.29, 0.717) is 0 Å². The highest BCUT2D eigenvalue weighted by Gasteiger charge is 2.52. The van der Waals surface area contributed by atoms with Crippen molar-refractivity contribution in [1.82, 2.24) is 0 Å². The van der Waals surface area contributed by atoms with Crippen molar-refractivity contribution in [2.24, 2.45) is 0 Å². The quantitative estimate of drug-likeness (QED) is 0.165. The number of hydrogen-bond acceptors (Lipinski definition) is 2. The van der Waals surface area contributed by atoms with E-state index in [1.165, 1.54) is 83.5 Å². The molecule has 0 amide bonds. The monoisotopic (exact) mass is 911 g/mol. The van der Waals surface area contributed by atoms with Gasteiger partial charge in [-0.3, -0.25) is 0 Å². The van der Waals surface area contributed by atoms with Gasteiger partial charge in [0.05, 0.1) is 11.1 Å². The van der Waals surface area contributed by atoms with Gasteiger partial charge in [0.2, 0.25) is 0 Å². The molecule has 1 aromatic heterocycles. The molecule has 2 nitrogen and oxygen atoms in total. The van der Waals surface area contributed by atoms with Crippen LogP contribution < -0.4 is 4.90 Å². The van der Waals surface area contributed by atoms with Gasteiger partial charge in [-0.05, 0) is 150 Å². The van der Waals surface area contributed by atoms with Crippen molar-refractivity contribution in [3.8, 4) is 55.6 Å². The third-order valence-electron chi connectivity index (χ3n) is 16.6. The van der Waals surface area contributed by atoms with E-state index >= 15 is 0 Å². The lowest BCUT2D eigenvalue weighted by Crippen LogP contribution is -2.33. The highest BCUT2D eigenvalue weighted by molar-refractivity contribution is 6.09. The van der Waals surface area contributed by atoms with E-state index in [1.807, 2.05) is 0 Å². The molecule has 2 heteroatoms. The molecular formula is C69H53NO. The van der Waals surface area contributed by atoms with Crippen molar-refractivity contribution < 1.29 is 4.42 Å². The van der Waals surface area contributed by atoms with Gasteiger partial charge in [0, 0.05) is 33.8 Å². The smallest absolute Gasteiger partial charge is 0.137 e. The number of benzene rings is 10. The first-order chi connectivity index (χ1) is 34.7. The fourth-order valence-corrected chi connectivity index (χ4v) is 13.0. The first kappa shape index (κ1) is 41.7. The molecular weight excluding hydrogens is 859 g/mol. The Labute approximate surface area is 416 Å². The van der Waals surface area contributed by atoms with E-state index < -0.39 is 5.41 Å². The summed E-state index contributed by atoms with van der Waals surface area (Å²) >= 11 is 0. The Morgan fingerprint density at radius 1 is 0.338 bits per heavy atom. The Balaban J connectivity index is 1.07. The van der Waals surface area contributed by atoms with Crippen LogP contribution in [0.1, 0.15) is 73.9 Å². The predicted octanol–water partition coefficient (Wildman–Crippen LogP) is 18.7. The zero-order chi connectivity index (χ0) is 47.6. The van der Waals surface area contributed by atoms with Crippen LogP contribution in [-0.2, 0) is 16.2 Å². The third kappa shape index (κ3) is 6.13. The fourth-order valence-electron chi connectivity index (χ4n) is 13.0. The molecule has 1 spiro atoms. The molecule has 340 valence electrons. The number of rotatable bonds is 6. The van der Waals surface area contributed by atoms with Gasteiger partial charge in [-0.1, -0.05) is 204 Å². The Morgan fingerprint density at radius 3 is 1.48 bits per heavy atom. The predicted molar refractivity (Wildman–Crippen MR) is 296 cm³/mol. The van der Waals surface area contributed by atoms with Crippen molar-refractivity contribution in [3.63, 3.8) is 0 Å². The number of nitrogens with zero attached hydrogens (tertiary/aromatic N) is 1. The van der Waals surface area contributed by atoms with Crippen LogP contribution in [0.15, 0.2) is 229 Å². The molecule has 14 rings (SSSR count). The highest BCUT2D eigenvalue weighted by Crippen LogP contribution is 2.65. The number of anilines is 3. The average Bonchev–Trinajstić information content (AvgIpc) is 4.05. The van der Waals surface area contributed by atoms with E-state index in [1.54, 1.807) is 0 Å². The molecule has 0 saturated carbocycles. The zero-order valence-electron chi connectivity index (χ0n) is 40.6. The Hall–Kier alpha value is -8.20. The van der Waals surface area contributed by atoms with Crippen LogP contribution in [0.2, 0.25) is 0 Å². The molecule has 11 aromatic rings. The lowest BCUT2D eigenvalue weighted by atomic mass is 9.62. The first-order valence-corrected chi connectivity index (χ1v) is 25.3. The van der Waals surface area contributed by atoms with Crippen molar-refractivity contribution >= 4 is 39.0 Å². The maximum atomic E-state index is 6.90. The summed E-state index contributed by atoms with van der Waals surface area (Å²) in [6.45, 7) is 9.76. The van der Waals surface area contributed by atoms with Crippen LogP contribution >= 0.6 is 0 Å². The summed E-state index contributed by atoms with van der Waals surface area (Å²) in [7, 11) is 0. The van der Waals surface area contributed by atoms with E-state index in [4.69, 9.17) is 4.42 Å². The summed E-state index contributed by atoms with van der Waals surface area (Å²) in [6, 6.07) is 83.7. The summed E-state index contributed by atoms with van der Waals surface area (Å²) in [5, 5.41) is 2.22. The minimum atomic E-state index is -0.490. The van der Waals surface area contributed by atoms with Crippen LogP contribution in [0.5, 0.6) is 0 Å². The van der Waals surface area contributed by atoms with E-state index in [9.17, 15) is 0 Å². The van der Waals surface area contributed by atoms with Crippen LogP contribution in [0.25, 0.3) is 77.6 Å². The van der Waals surface area contributed by atoms with Gasteiger partial charge in [-0.15, -0.1) is 0 Å². The molecule has 3 aliphatic rings. The molecule has 0 aliphatic heterocycles. The maximum absolute atomic E-state index is 6.90. The summed E-state index contributed by atoms with van der Waals surface area (Å²) in [4.78, 5) is 2.49. The van der Waals surface area contributed by atoms with Crippen molar-refractivity contribution in [2.75, 3.05) is 4.90 Å². The van der Waals surface area contributed by atoms with Crippen molar-refractivity contribution in [3.05, 3.63) is 258 Å². The van der Waals surface area contributed by atoms with Crippen LogP contribution in [-0.4, -0.2) is 0 Å². The molecule has 10 aromatic carbocycles. The van der Waals surface area contributed by atoms with Gasteiger partial charge < -0.3 is 9.32 Å². The van der Waals surface area contributed by atoms with Crippen LogP contribution in [0.3, 0.4) is 0 Å². The molecule has 0 saturated heterocycles. The molecule has 0 N–H and O–H groups in total. The number of fused-ring (bicyclic) bond motifs is 14. The topological polar surface area (TPSA) is 16.4 Å². The van der Waals surface area contributed by atoms with Crippen LogP contribution in [0.4, 0.5) is 17.1 Å². The molecule has 0 fully saturated rings. The highest BCUT2D eigenvalue weighted by atomic mass is 16.3. The zero-order valence-corrected chi connectivity index (χ0v) is 40.6. The summed E-state index contributed by atoms with van der Waals surface area (Å²) < 4.78 is 6.90. The molecule has 0 atom stereocenters. The van der Waals surface area contributed by atoms with Gasteiger partial charge in [-0.25, -0.2) is 0 Å². The number of furan rings is 1. The van der Waals surface area contributed by atoms with E-state index in [-0.39, 0.29) is 10.8 Å². The summed E-state index contributed by atoms with van der Waals surface area (Å²) in [6.07, 6.45) is 2.30. The van der Waals surface area contributed by atoms with Gasteiger partial charge in [0.1, 0.15) is 11.2 Å². The van der Waals surface area contributed by atoms with Crippen molar-refractivity contribution in [1.29, 1.82) is 0 Å². The average molecular weight is 912 g/mol. The minimum absolute atomic E-state index is 0.0150. The van der Waals surface area contributed by atoms with E-state index in [2.05, 4.69) is 257 Å². The first-order valence-electron chi connectivity index (χ1n) is 25.3. The molecule has 1 heterocycles. The Morgan fingerprint density at radius 2 is 0.817 bits per heavy atom. The van der Waals surface area contributed by atoms with Crippen LogP contribution in [0, 0.1) is 0 Å². The largest absolute Gasteiger partial charge is 0.456 e. The minimum Gasteiger partial charge on any atom is -0.456 e. The maximum Gasteiger partial charge on any atom is 0.137 e. The second-order valence-electron chi connectivity index (χ2n) is 21.4. The molecule has 3 aliphatic carbocycles. The fraction of sp³-hybridized carbons (Fsp3) is 0.130. The molecule has 0 unspecified atom stereocenters. The number of hydrogen-bond donors (Lipinski definition) is 0. The van der Waals surface area contributed by atoms with E-state index in [0.717, 1.165) is 57.4 Å². The van der Waals surface area contributed by atoms with Gasteiger partial charge in [0.25, 0.3) is 0 Å². The van der Waals surface area contributed by atoms with Crippen molar-refractivity contribution in [2.45, 2.75) is 56.8 Å². The Bertz CT molecular complexity index is 3880. The normalized spacial score (nSPS) is 15.3. The molecule has 0 bridgehead atoms. The van der Waals surface area contributed by atoms with Gasteiger partial charge >= 0.3 is 0 Å². The second kappa shape index (κ2) is 15.4. The lowest BCUT2D eigenvalue weighted by Gasteiger charge is -2.42. The molecule has 71 heavy (non-hydrogen) atoms. The second-order valence-corrected chi connectivity index (χ2v) is 21.4. The standard InChI is InChI=1S/C69H53NO/c1-67(2)39-40-68(3,4)61-41-48(30-36-59(61)67)65-62(38-37-60-66(65)55-23-13-16-26-58(55)69(60)56-24-14-11-21-51(56)52-22-12-15-25-57(52)69)70(49-31-27-46(28-32-49)44-17-7-5-8-18-44)50-33-35-54-53-34-29-47(45-19-9-6-10-20-45)42-63(53)71-64(54)43-50/h5-38,41-43H,39-40H2,1-4H3. The summed E-state index contributed by atoms with van der Waals surface area (Å²) in [5.41, 5.74) is 25.2.